The molecule has 0 N–H and O–H groups in total. The van der Waals surface area contributed by atoms with Crippen LogP contribution in [0.5, 0.6) is 0 Å². The van der Waals surface area contributed by atoms with Crippen molar-refractivity contribution < 1.29 is 17.9 Å². The van der Waals surface area contributed by atoms with Crippen LogP contribution in [0, 0.1) is 0 Å². The summed E-state index contributed by atoms with van der Waals surface area (Å²) in [4.78, 5) is 13.9. The van der Waals surface area contributed by atoms with Crippen LogP contribution < -0.4 is 4.90 Å². The molecule has 0 radical (unpaired) electrons. The van der Waals surface area contributed by atoms with Gasteiger partial charge in [-0.1, -0.05) is 52.8 Å². The van der Waals surface area contributed by atoms with Gasteiger partial charge in [-0.15, -0.1) is 6.58 Å². The summed E-state index contributed by atoms with van der Waals surface area (Å²) >= 11 is 9.07. The van der Waals surface area contributed by atoms with Crippen LogP contribution >= 0.6 is 27.5 Å². The number of piperidine rings is 1. The molecule has 9 heteroatoms. The summed E-state index contributed by atoms with van der Waals surface area (Å²) in [6, 6.07) is 5.27. The number of allylic oxidation sites excluding steroid dienone is 2. The summed E-state index contributed by atoms with van der Waals surface area (Å²) < 4.78 is 31.7. The summed E-state index contributed by atoms with van der Waals surface area (Å²) in [7, 11) is -3.30. The molecule has 1 saturated heterocycles. The van der Waals surface area contributed by atoms with E-state index in [1.165, 1.54) is 10.4 Å². The second kappa shape index (κ2) is 10.4. The predicted octanol–water partition coefficient (Wildman–Crippen LogP) is 4.86. The van der Waals surface area contributed by atoms with E-state index < -0.39 is 16.1 Å². The van der Waals surface area contributed by atoms with E-state index in [-0.39, 0.29) is 18.4 Å². The molecule has 0 aromatic heterocycles. The number of benzene rings is 1. The topological polar surface area (TPSA) is 66.9 Å². The molecule has 158 valence electrons. The van der Waals surface area contributed by atoms with Crippen molar-refractivity contribution in [1.29, 1.82) is 0 Å². The fourth-order valence-corrected chi connectivity index (χ4v) is 4.66. The minimum Gasteiger partial charge on any atom is -0.444 e. The van der Waals surface area contributed by atoms with Crippen molar-refractivity contribution in [3.63, 3.8) is 0 Å². The average Bonchev–Trinajstić information content (AvgIpc) is 2.68. The lowest BCUT2D eigenvalue weighted by Gasteiger charge is -2.39. The summed E-state index contributed by atoms with van der Waals surface area (Å²) in [5, 5.41) is 0.594. The highest BCUT2D eigenvalue weighted by Crippen LogP contribution is 2.33. The number of carbonyl (C=O) groups excluding carboxylic acids is 1. The SMILES string of the molecule is C=CC(=C)Br.C=CCS(=O)(=O)N1CCC(N2C(=O)OCc3cc(Cl)ccc32)CC1. The van der Waals surface area contributed by atoms with Crippen LogP contribution in [-0.4, -0.2) is 43.7 Å². The molecule has 2 aliphatic rings. The minimum atomic E-state index is -3.30. The van der Waals surface area contributed by atoms with E-state index in [2.05, 4.69) is 35.7 Å². The maximum Gasteiger partial charge on any atom is 0.414 e. The van der Waals surface area contributed by atoms with Crippen LogP contribution in [0.15, 0.2) is 54.6 Å². The molecular weight excluding hydrogens is 480 g/mol. The maximum atomic E-state index is 12.2. The quantitative estimate of drug-likeness (QED) is 0.425. The van der Waals surface area contributed by atoms with E-state index in [0.717, 1.165) is 15.7 Å². The van der Waals surface area contributed by atoms with E-state index in [0.29, 0.717) is 31.0 Å². The number of ether oxygens (including phenoxy) is 1. The van der Waals surface area contributed by atoms with Crippen molar-refractivity contribution in [2.75, 3.05) is 23.7 Å². The molecule has 1 fully saturated rings. The molecule has 6 nitrogen and oxygen atoms in total. The molecule has 0 saturated carbocycles. The number of carbonyl (C=O) groups is 1. The number of hydrogen-bond donors (Lipinski definition) is 0. The first-order valence-electron chi connectivity index (χ1n) is 8.99. The van der Waals surface area contributed by atoms with Gasteiger partial charge in [0.25, 0.3) is 0 Å². The molecule has 0 bridgehead atoms. The summed E-state index contributed by atoms with van der Waals surface area (Å²) in [6.07, 6.45) is 3.77. The second-order valence-electron chi connectivity index (χ2n) is 6.55. The number of fused-ring (bicyclic) bond motifs is 1. The Morgan fingerprint density at radius 2 is 1.93 bits per heavy atom. The molecule has 0 unspecified atom stereocenters. The lowest BCUT2D eigenvalue weighted by Crippen LogP contribution is -2.50. The van der Waals surface area contributed by atoms with Gasteiger partial charge in [0.1, 0.15) is 6.61 Å². The van der Waals surface area contributed by atoms with Crippen LogP contribution in [0.4, 0.5) is 10.5 Å². The van der Waals surface area contributed by atoms with Gasteiger partial charge in [0.15, 0.2) is 0 Å². The standard InChI is InChI=1S/C16H19ClN2O4S.C4H5Br/c1-2-9-24(21,22)18-7-5-14(6-8-18)19-15-4-3-13(17)10-12(15)11-23-16(19)20;1-3-4(2)5/h2-4,10,14H,1,5-9,11H2;3H,1-2H2. The van der Waals surface area contributed by atoms with Crippen molar-refractivity contribution in [2.45, 2.75) is 25.5 Å². The Bertz CT molecular complexity index is 896. The number of nitrogens with zero attached hydrogens (tertiary/aromatic N) is 2. The van der Waals surface area contributed by atoms with Gasteiger partial charge in [0, 0.05) is 34.2 Å². The van der Waals surface area contributed by atoms with Gasteiger partial charge in [0.2, 0.25) is 10.0 Å². The predicted molar refractivity (Wildman–Crippen MR) is 121 cm³/mol. The first kappa shape index (κ1) is 23.7. The zero-order valence-corrected chi connectivity index (χ0v) is 19.2. The lowest BCUT2D eigenvalue weighted by molar-refractivity contribution is 0.136. The third-order valence-corrected chi connectivity index (χ3v) is 6.95. The number of hydrogen-bond acceptors (Lipinski definition) is 4. The fourth-order valence-electron chi connectivity index (χ4n) is 3.19. The highest BCUT2D eigenvalue weighted by molar-refractivity contribution is 9.11. The average molecular weight is 504 g/mol. The first-order valence-corrected chi connectivity index (χ1v) is 11.8. The van der Waals surface area contributed by atoms with Gasteiger partial charge in [-0.25, -0.2) is 17.5 Å². The molecule has 2 aliphatic heterocycles. The van der Waals surface area contributed by atoms with Gasteiger partial charge >= 0.3 is 6.09 Å². The van der Waals surface area contributed by atoms with Gasteiger partial charge < -0.3 is 4.74 Å². The lowest BCUT2D eigenvalue weighted by atomic mass is 10.0. The van der Waals surface area contributed by atoms with Crippen LogP contribution in [0.25, 0.3) is 0 Å². The highest BCUT2D eigenvalue weighted by Gasteiger charge is 2.36. The maximum absolute atomic E-state index is 12.2. The van der Waals surface area contributed by atoms with E-state index in [4.69, 9.17) is 16.3 Å². The number of cyclic esters (lactones) is 1. The van der Waals surface area contributed by atoms with Crippen molar-refractivity contribution >= 4 is 49.3 Å². The molecule has 1 amide bonds. The highest BCUT2D eigenvalue weighted by atomic mass is 79.9. The molecule has 0 spiro atoms. The third kappa shape index (κ3) is 6.18. The summed E-state index contributed by atoms with van der Waals surface area (Å²) in [5.74, 6) is -0.0647. The minimum absolute atomic E-state index is 0.0647. The zero-order chi connectivity index (χ0) is 21.6. The Morgan fingerprint density at radius 1 is 1.31 bits per heavy atom. The molecule has 0 atom stereocenters. The number of amides is 1. The van der Waals surface area contributed by atoms with Gasteiger partial charge in [-0.3, -0.25) is 4.90 Å². The van der Waals surface area contributed by atoms with Crippen molar-refractivity contribution in [3.8, 4) is 0 Å². The molecule has 2 heterocycles. The Labute approximate surface area is 185 Å². The molecule has 1 aromatic carbocycles. The number of rotatable bonds is 5. The number of halogens is 2. The van der Waals surface area contributed by atoms with Crippen molar-refractivity contribution in [2.24, 2.45) is 0 Å². The van der Waals surface area contributed by atoms with Crippen molar-refractivity contribution in [3.05, 3.63) is 65.2 Å². The van der Waals surface area contributed by atoms with Crippen LogP contribution in [-0.2, 0) is 21.4 Å². The van der Waals surface area contributed by atoms with E-state index in [9.17, 15) is 13.2 Å². The van der Waals surface area contributed by atoms with E-state index in [1.807, 2.05) is 6.07 Å². The first-order chi connectivity index (χ1) is 13.7. The van der Waals surface area contributed by atoms with Gasteiger partial charge in [-0.05, 0) is 31.0 Å². The molecule has 0 aliphatic carbocycles. The molecular formula is C20H24BrClN2O4S. The Hall–Kier alpha value is -1.61. The number of anilines is 1. The van der Waals surface area contributed by atoms with Gasteiger partial charge in [0.05, 0.1) is 11.4 Å². The second-order valence-corrected chi connectivity index (χ2v) is 10.0. The smallest absolute Gasteiger partial charge is 0.414 e. The number of sulfonamides is 1. The Kier molecular flexibility index (Phi) is 8.51. The van der Waals surface area contributed by atoms with Crippen LogP contribution in [0.1, 0.15) is 18.4 Å². The summed E-state index contributed by atoms with van der Waals surface area (Å²) in [5.41, 5.74) is 1.66. The fraction of sp³-hybridized carbons (Fsp3) is 0.350. The van der Waals surface area contributed by atoms with Crippen LogP contribution in [0.2, 0.25) is 5.02 Å². The van der Waals surface area contributed by atoms with E-state index in [1.54, 1.807) is 23.1 Å². The molecule has 1 aromatic rings. The van der Waals surface area contributed by atoms with Gasteiger partial charge in [-0.2, -0.15) is 0 Å². The van der Waals surface area contributed by atoms with Crippen molar-refractivity contribution in [1.82, 2.24) is 4.31 Å². The summed E-state index contributed by atoms with van der Waals surface area (Å²) in [6.45, 7) is 11.3. The molecule has 29 heavy (non-hydrogen) atoms. The monoisotopic (exact) mass is 502 g/mol. The van der Waals surface area contributed by atoms with E-state index >= 15 is 0 Å². The molecule has 3 rings (SSSR count). The Morgan fingerprint density at radius 3 is 2.48 bits per heavy atom. The zero-order valence-electron chi connectivity index (χ0n) is 16.0. The Balaban J connectivity index is 0.000000537. The third-order valence-electron chi connectivity index (χ3n) is 4.58. The van der Waals surface area contributed by atoms with Crippen LogP contribution in [0.3, 0.4) is 0 Å². The normalized spacial score (nSPS) is 17.4. The largest absolute Gasteiger partial charge is 0.444 e.